The van der Waals surface area contributed by atoms with Gasteiger partial charge < -0.3 is 10.6 Å². The number of nitrogens with one attached hydrogen (secondary N) is 2. The second-order valence-corrected chi connectivity index (χ2v) is 8.24. The van der Waals surface area contributed by atoms with Crippen molar-refractivity contribution in [2.24, 2.45) is 0 Å². The van der Waals surface area contributed by atoms with E-state index >= 15 is 0 Å². The van der Waals surface area contributed by atoms with Crippen molar-refractivity contribution >= 4 is 39.2 Å². The Morgan fingerprint density at radius 1 is 1.26 bits per heavy atom. The second kappa shape index (κ2) is 7.58. The molecule has 3 amide bonds. The SMILES string of the molecule is Cc1cc(S(=O)(=O)N2C[C@H](c3ccccc3)NC2=O)ccc1NC(=O)CCl. The largest absolute Gasteiger partial charge is 0.331 e. The molecule has 0 bridgehead atoms. The van der Waals surface area contributed by atoms with Gasteiger partial charge in [-0.2, -0.15) is 0 Å². The normalized spacial score (nSPS) is 16.9. The van der Waals surface area contributed by atoms with Gasteiger partial charge in [0, 0.05) is 5.69 Å². The molecule has 0 saturated carbocycles. The number of hydrogen-bond acceptors (Lipinski definition) is 4. The number of sulfonamides is 1. The van der Waals surface area contributed by atoms with Crippen molar-refractivity contribution in [3.8, 4) is 0 Å². The molecule has 2 aromatic carbocycles. The molecule has 1 saturated heterocycles. The lowest BCUT2D eigenvalue weighted by atomic mass is 10.1. The summed E-state index contributed by atoms with van der Waals surface area (Å²) in [6.07, 6.45) is 0. The zero-order valence-electron chi connectivity index (χ0n) is 14.5. The van der Waals surface area contributed by atoms with E-state index in [0.717, 1.165) is 9.87 Å². The zero-order chi connectivity index (χ0) is 19.6. The highest BCUT2D eigenvalue weighted by Gasteiger charge is 2.38. The predicted octanol–water partition coefficient (Wildman–Crippen LogP) is 2.63. The highest BCUT2D eigenvalue weighted by atomic mass is 35.5. The molecule has 142 valence electrons. The summed E-state index contributed by atoms with van der Waals surface area (Å²) in [5, 5.41) is 5.28. The summed E-state index contributed by atoms with van der Waals surface area (Å²) in [6, 6.07) is 12.4. The minimum Gasteiger partial charge on any atom is -0.328 e. The molecule has 1 aliphatic rings. The van der Waals surface area contributed by atoms with Crippen LogP contribution >= 0.6 is 11.6 Å². The lowest BCUT2D eigenvalue weighted by Crippen LogP contribution is -2.34. The minimum absolute atomic E-state index is 0.00889. The quantitative estimate of drug-likeness (QED) is 0.745. The van der Waals surface area contributed by atoms with Gasteiger partial charge in [0.15, 0.2) is 0 Å². The van der Waals surface area contributed by atoms with Gasteiger partial charge in [-0.15, -0.1) is 11.6 Å². The number of amides is 3. The summed E-state index contributed by atoms with van der Waals surface area (Å²) in [5.74, 6) is -0.589. The van der Waals surface area contributed by atoms with E-state index in [-0.39, 0.29) is 23.2 Å². The van der Waals surface area contributed by atoms with Crippen LogP contribution < -0.4 is 10.6 Å². The maximum Gasteiger partial charge on any atom is 0.331 e. The van der Waals surface area contributed by atoms with E-state index in [1.54, 1.807) is 6.92 Å². The van der Waals surface area contributed by atoms with Crippen LogP contribution in [0.1, 0.15) is 17.2 Å². The maximum absolute atomic E-state index is 12.9. The third kappa shape index (κ3) is 3.91. The third-order valence-electron chi connectivity index (χ3n) is 4.26. The number of rotatable bonds is 5. The van der Waals surface area contributed by atoms with Crippen LogP contribution in [0.2, 0.25) is 0 Å². The van der Waals surface area contributed by atoms with Crippen LogP contribution in [-0.4, -0.2) is 37.1 Å². The van der Waals surface area contributed by atoms with E-state index in [0.29, 0.717) is 11.3 Å². The number of carbonyl (C=O) groups is 2. The molecule has 0 spiro atoms. The third-order valence-corrected chi connectivity index (χ3v) is 6.24. The lowest BCUT2D eigenvalue weighted by Gasteiger charge is -2.17. The average molecular weight is 408 g/mol. The van der Waals surface area contributed by atoms with Gasteiger partial charge in [-0.25, -0.2) is 17.5 Å². The van der Waals surface area contributed by atoms with Crippen LogP contribution in [0.4, 0.5) is 10.5 Å². The Kier molecular flexibility index (Phi) is 5.38. The monoisotopic (exact) mass is 407 g/mol. The molecule has 1 fully saturated rings. The van der Waals surface area contributed by atoms with E-state index in [1.165, 1.54) is 18.2 Å². The Morgan fingerprint density at radius 3 is 2.59 bits per heavy atom. The van der Waals surface area contributed by atoms with Crippen molar-refractivity contribution in [1.29, 1.82) is 0 Å². The first-order chi connectivity index (χ1) is 12.8. The number of nitrogens with zero attached hydrogens (tertiary/aromatic N) is 1. The minimum atomic E-state index is -4.02. The standard InChI is InChI=1S/C18H18ClN3O4S/c1-12-9-14(7-8-15(12)20-17(23)10-19)27(25,26)22-11-16(21-18(22)24)13-5-3-2-4-6-13/h2-9,16H,10-11H2,1H3,(H,20,23)(H,21,24)/t16-/m1/s1. The summed E-state index contributed by atoms with van der Waals surface area (Å²) in [5.41, 5.74) is 1.85. The fourth-order valence-corrected chi connectivity index (χ4v) is 4.35. The molecule has 3 rings (SSSR count). The molecular weight excluding hydrogens is 390 g/mol. The van der Waals surface area contributed by atoms with E-state index in [2.05, 4.69) is 10.6 Å². The van der Waals surface area contributed by atoms with Crippen LogP contribution in [0, 0.1) is 6.92 Å². The van der Waals surface area contributed by atoms with Crippen molar-refractivity contribution in [1.82, 2.24) is 9.62 Å². The number of urea groups is 1. The van der Waals surface area contributed by atoms with Gasteiger partial charge in [-0.1, -0.05) is 30.3 Å². The van der Waals surface area contributed by atoms with Crippen LogP contribution in [0.5, 0.6) is 0 Å². The molecule has 9 heteroatoms. The maximum atomic E-state index is 12.9. The molecule has 27 heavy (non-hydrogen) atoms. The van der Waals surface area contributed by atoms with Crippen molar-refractivity contribution < 1.29 is 18.0 Å². The molecule has 0 radical (unpaired) electrons. The smallest absolute Gasteiger partial charge is 0.328 e. The van der Waals surface area contributed by atoms with Gasteiger partial charge in [-0.05, 0) is 36.2 Å². The van der Waals surface area contributed by atoms with Gasteiger partial charge in [0.05, 0.1) is 17.5 Å². The average Bonchev–Trinajstić information content (AvgIpc) is 3.06. The molecule has 1 heterocycles. The number of anilines is 1. The summed E-state index contributed by atoms with van der Waals surface area (Å²) < 4.78 is 26.7. The first kappa shape index (κ1) is 19.2. The molecule has 0 aliphatic carbocycles. The number of benzene rings is 2. The van der Waals surface area contributed by atoms with Crippen molar-refractivity contribution in [3.05, 3.63) is 59.7 Å². The fraction of sp³-hybridized carbons (Fsp3) is 0.222. The Hall–Kier alpha value is -2.58. The molecule has 1 aliphatic heterocycles. The summed E-state index contributed by atoms with van der Waals surface area (Å²) in [6.45, 7) is 1.68. The Balaban J connectivity index is 1.85. The number of halogens is 1. The van der Waals surface area contributed by atoms with E-state index in [4.69, 9.17) is 11.6 Å². The fourth-order valence-electron chi connectivity index (χ4n) is 2.84. The van der Waals surface area contributed by atoms with Gasteiger partial charge in [-0.3, -0.25) is 4.79 Å². The first-order valence-corrected chi connectivity index (χ1v) is 10.1. The second-order valence-electron chi connectivity index (χ2n) is 6.11. The molecule has 1 atom stereocenters. The Labute approximate surface area is 162 Å². The molecule has 0 unspecified atom stereocenters. The van der Waals surface area contributed by atoms with Gasteiger partial charge in [0.25, 0.3) is 10.0 Å². The first-order valence-electron chi connectivity index (χ1n) is 8.17. The number of hydrogen-bond donors (Lipinski definition) is 2. The Morgan fingerprint density at radius 2 is 1.96 bits per heavy atom. The molecule has 7 nitrogen and oxygen atoms in total. The van der Waals surface area contributed by atoms with Crippen molar-refractivity contribution in [2.45, 2.75) is 17.9 Å². The van der Waals surface area contributed by atoms with Crippen molar-refractivity contribution in [2.75, 3.05) is 17.7 Å². The Bertz CT molecular complexity index is 979. The topological polar surface area (TPSA) is 95.6 Å². The predicted molar refractivity (Wildman–Crippen MR) is 102 cm³/mol. The van der Waals surface area contributed by atoms with E-state index < -0.39 is 22.1 Å². The van der Waals surface area contributed by atoms with Crippen LogP contribution in [0.3, 0.4) is 0 Å². The summed E-state index contributed by atoms with van der Waals surface area (Å²) in [4.78, 5) is 23.7. The number of carbonyl (C=O) groups excluding carboxylic acids is 2. The lowest BCUT2D eigenvalue weighted by molar-refractivity contribution is -0.113. The summed E-state index contributed by atoms with van der Waals surface area (Å²) in [7, 11) is -4.02. The number of alkyl halides is 1. The summed E-state index contributed by atoms with van der Waals surface area (Å²) >= 11 is 5.47. The van der Waals surface area contributed by atoms with Gasteiger partial charge in [0.1, 0.15) is 5.88 Å². The van der Waals surface area contributed by atoms with Crippen molar-refractivity contribution in [3.63, 3.8) is 0 Å². The molecule has 2 aromatic rings. The highest BCUT2D eigenvalue weighted by Crippen LogP contribution is 2.28. The van der Waals surface area contributed by atoms with E-state index in [1.807, 2.05) is 30.3 Å². The highest BCUT2D eigenvalue weighted by molar-refractivity contribution is 7.89. The molecule has 2 N–H and O–H groups in total. The van der Waals surface area contributed by atoms with E-state index in [9.17, 15) is 18.0 Å². The van der Waals surface area contributed by atoms with Crippen LogP contribution in [-0.2, 0) is 14.8 Å². The molecular formula is C18H18ClN3O4S. The van der Waals surface area contributed by atoms with Crippen LogP contribution in [0.25, 0.3) is 0 Å². The molecule has 0 aromatic heterocycles. The van der Waals surface area contributed by atoms with Crippen LogP contribution in [0.15, 0.2) is 53.4 Å². The zero-order valence-corrected chi connectivity index (χ0v) is 16.0. The number of aryl methyl sites for hydroxylation is 1. The van der Waals surface area contributed by atoms with Gasteiger partial charge in [0.2, 0.25) is 5.91 Å². The van der Waals surface area contributed by atoms with Gasteiger partial charge >= 0.3 is 6.03 Å².